The van der Waals surface area contributed by atoms with Crippen LogP contribution in [0.5, 0.6) is 5.88 Å². The molecule has 0 saturated carbocycles. The Kier molecular flexibility index (Phi) is 5.74. The average Bonchev–Trinajstić information content (AvgIpc) is 2.83. The topological polar surface area (TPSA) is 59.3 Å². The van der Waals surface area contributed by atoms with Gasteiger partial charge in [0.25, 0.3) is 0 Å². The van der Waals surface area contributed by atoms with Crippen molar-refractivity contribution in [2.75, 3.05) is 13.7 Å². The SMILES string of the molecule is COc1c(CNCC(O)c2ccccc2F)c(C(C)C)nn1C. The van der Waals surface area contributed by atoms with E-state index >= 15 is 0 Å². The molecule has 1 atom stereocenters. The highest BCUT2D eigenvalue weighted by atomic mass is 19.1. The van der Waals surface area contributed by atoms with Crippen molar-refractivity contribution >= 4 is 0 Å². The molecule has 2 rings (SSSR count). The van der Waals surface area contributed by atoms with Gasteiger partial charge in [-0.05, 0) is 12.0 Å². The highest BCUT2D eigenvalue weighted by Crippen LogP contribution is 2.27. The van der Waals surface area contributed by atoms with E-state index in [1.807, 2.05) is 7.05 Å². The molecule has 0 aliphatic carbocycles. The van der Waals surface area contributed by atoms with Crippen LogP contribution in [0, 0.1) is 5.82 Å². The van der Waals surface area contributed by atoms with E-state index in [0.717, 1.165) is 11.3 Å². The molecule has 0 radical (unpaired) electrons. The van der Waals surface area contributed by atoms with E-state index in [-0.39, 0.29) is 12.5 Å². The van der Waals surface area contributed by atoms with Gasteiger partial charge in [0, 0.05) is 25.7 Å². The minimum atomic E-state index is -0.902. The molecule has 1 heterocycles. The van der Waals surface area contributed by atoms with Crippen molar-refractivity contribution in [1.82, 2.24) is 15.1 Å². The summed E-state index contributed by atoms with van der Waals surface area (Å²) in [5.74, 6) is 0.559. The van der Waals surface area contributed by atoms with Crippen LogP contribution in [0.4, 0.5) is 4.39 Å². The fourth-order valence-corrected chi connectivity index (χ4v) is 2.65. The summed E-state index contributed by atoms with van der Waals surface area (Å²) < 4.78 is 20.8. The number of aliphatic hydroxyl groups is 1. The van der Waals surface area contributed by atoms with E-state index in [1.54, 1.807) is 30.0 Å². The summed E-state index contributed by atoms with van der Waals surface area (Å²) in [6.07, 6.45) is -0.902. The van der Waals surface area contributed by atoms with Crippen LogP contribution in [0.15, 0.2) is 24.3 Å². The molecule has 0 fully saturated rings. The van der Waals surface area contributed by atoms with Crippen LogP contribution in [-0.4, -0.2) is 28.5 Å². The molecule has 2 N–H and O–H groups in total. The number of nitrogens with zero attached hydrogens (tertiary/aromatic N) is 2. The molecule has 23 heavy (non-hydrogen) atoms. The lowest BCUT2D eigenvalue weighted by atomic mass is 10.1. The Bertz CT molecular complexity index is 655. The number of rotatable bonds is 7. The lowest BCUT2D eigenvalue weighted by molar-refractivity contribution is 0.169. The number of nitrogens with one attached hydrogen (secondary N) is 1. The highest BCUT2D eigenvalue weighted by molar-refractivity contribution is 5.33. The van der Waals surface area contributed by atoms with Crippen molar-refractivity contribution in [3.8, 4) is 5.88 Å². The first kappa shape index (κ1) is 17.4. The minimum Gasteiger partial charge on any atom is -0.481 e. The van der Waals surface area contributed by atoms with Crippen molar-refractivity contribution in [2.45, 2.75) is 32.4 Å². The maximum absolute atomic E-state index is 13.7. The van der Waals surface area contributed by atoms with Gasteiger partial charge in [0.2, 0.25) is 5.88 Å². The van der Waals surface area contributed by atoms with Crippen molar-refractivity contribution in [1.29, 1.82) is 0 Å². The molecular weight excluding hydrogens is 297 g/mol. The summed E-state index contributed by atoms with van der Waals surface area (Å²) in [5, 5.41) is 17.8. The summed E-state index contributed by atoms with van der Waals surface area (Å²) >= 11 is 0. The smallest absolute Gasteiger partial charge is 0.216 e. The molecule has 1 unspecified atom stereocenters. The predicted molar refractivity (Wildman–Crippen MR) is 86.9 cm³/mol. The van der Waals surface area contributed by atoms with E-state index in [2.05, 4.69) is 24.3 Å². The molecular formula is C17H24FN3O2. The van der Waals surface area contributed by atoms with Gasteiger partial charge in [0.1, 0.15) is 5.82 Å². The van der Waals surface area contributed by atoms with E-state index < -0.39 is 11.9 Å². The normalized spacial score (nSPS) is 12.7. The molecule has 1 aromatic carbocycles. The monoisotopic (exact) mass is 321 g/mol. The standard InChI is InChI=1S/C17H24FN3O2/c1-11(2)16-13(17(23-4)21(3)20-16)9-19-10-15(22)12-7-5-6-8-14(12)18/h5-8,11,15,19,22H,9-10H2,1-4H3. The van der Waals surface area contributed by atoms with Crippen molar-refractivity contribution < 1.29 is 14.2 Å². The predicted octanol–water partition coefficient (Wildman–Crippen LogP) is 2.51. The van der Waals surface area contributed by atoms with Crippen LogP contribution in [0.25, 0.3) is 0 Å². The Morgan fingerprint density at radius 3 is 2.65 bits per heavy atom. The van der Waals surface area contributed by atoms with Crippen LogP contribution in [0.2, 0.25) is 0 Å². The second-order valence-electron chi connectivity index (χ2n) is 5.82. The number of aromatic nitrogens is 2. The third-order valence-electron chi connectivity index (χ3n) is 3.76. The quantitative estimate of drug-likeness (QED) is 0.823. The highest BCUT2D eigenvalue weighted by Gasteiger charge is 2.19. The van der Waals surface area contributed by atoms with Crippen LogP contribution in [0.1, 0.15) is 42.7 Å². The number of halogens is 1. The number of methoxy groups -OCH3 is 1. The maximum atomic E-state index is 13.7. The van der Waals surface area contributed by atoms with E-state index in [4.69, 9.17) is 4.74 Å². The van der Waals surface area contributed by atoms with Crippen LogP contribution < -0.4 is 10.1 Å². The third-order valence-corrected chi connectivity index (χ3v) is 3.76. The molecule has 0 spiro atoms. The Morgan fingerprint density at radius 1 is 1.35 bits per heavy atom. The largest absolute Gasteiger partial charge is 0.481 e. The maximum Gasteiger partial charge on any atom is 0.216 e. The minimum absolute atomic E-state index is 0.247. The van der Waals surface area contributed by atoms with E-state index in [0.29, 0.717) is 18.0 Å². The average molecular weight is 321 g/mol. The Balaban J connectivity index is 2.05. The van der Waals surface area contributed by atoms with Crippen LogP contribution in [0.3, 0.4) is 0 Å². The van der Waals surface area contributed by atoms with Crippen molar-refractivity contribution in [3.05, 3.63) is 46.9 Å². The molecule has 6 heteroatoms. The van der Waals surface area contributed by atoms with Gasteiger partial charge in [0.05, 0.1) is 24.5 Å². The summed E-state index contributed by atoms with van der Waals surface area (Å²) in [6.45, 7) is 4.88. The van der Waals surface area contributed by atoms with E-state index in [9.17, 15) is 9.50 Å². The fraction of sp³-hybridized carbons (Fsp3) is 0.471. The van der Waals surface area contributed by atoms with Gasteiger partial charge in [-0.1, -0.05) is 32.0 Å². The number of benzene rings is 1. The summed E-state index contributed by atoms with van der Waals surface area (Å²) in [5.41, 5.74) is 2.21. The van der Waals surface area contributed by atoms with Crippen LogP contribution >= 0.6 is 0 Å². The van der Waals surface area contributed by atoms with Gasteiger partial charge < -0.3 is 15.2 Å². The molecule has 0 aliphatic rings. The zero-order valence-electron chi connectivity index (χ0n) is 14.0. The molecule has 0 bridgehead atoms. The van der Waals surface area contributed by atoms with Gasteiger partial charge >= 0.3 is 0 Å². The third kappa shape index (κ3) is 3.89. The fourth-order valence-electron chi connectivity index (χ4n) is 2.65. The first-order chi connectivity index (χ1) is 11.0. The molecule has 126 valence electrons. The van der Waals surface area contributed by atoms with Gasteiger partial charge in [-0.25, -0.2) is 9.07 Å². The molecule has 0 aliphatic heterocycles. The van der Waals surface area contributed by atoms with E-state index in [1.165, 1.54) is 6.07 Å². The second kappa shape index (κ2) is 7.57. The number of aliphatic hydroxyl groups excluding tert-OH is 1. The molecule has 5 nitrogen and oxygen atoms in total. The number of ether oxygens (including phenoxy) is 1. The first-order valence-electron chi connectivity index (χ1n) is 7.68. The molecule has 0 amide bonds. The van der Waals surface area contributed by atoms with Gasteiger partial charge in [-0.3, -0.25) is 0 Å². The zero-order valence-corrected chi connectivity index (χ0v) is 14.0. The van der Waals surface area contributed by atoms with Gasteiger partial charge in [0.15, 0.2) is 0 Å². The van der Waals surface area contributed by atoms with Crippen LogP contribution in [-0.2, 0) is 13.6 Å². The zero-order chi connectivity index (χ0) is 17.0. The Hall–Kier alpha value is -1.92. The number of aryl methyl sites for hydroxylation is 1. The number of hydrogen-bond donors (Lipinski definition) is 2. The summed E-state index contributed by atoms with van der Waals surface area (Å²) in [6, 6.07) is 6.25. The molecule has 1 aromatic heterocycles. The first-order valence-corrected chi connectivity index (χ1v) is 7.68. The lowest BCUT2D eigenvalue weighted by Crippen LogP contribution is -2.22. The van der Waals surface area contributed by atoms with Gasteiger partial charge in [-0.15, -0.1) is 0 Å². The van der Waals surface area contributed by atoms with Crippen molar-refractivity contribution in [2.24, 2.45) is 7.05 Å². The summed E-state index contributed by atoms with van der Waals surface area (Å²) in [4.78, 5) is 0. The van der Waals surface area contributed by atoms with Gasteiger partial charge in [-0.2, -0.15) is 5.10 Å². The summed E-state index contributed by atoms with van der Waals surface area (Å²) in [7, 11) is 3.45. The Morgan fingerprint density at radius 2 is 2.04 bits per heavy atom. The second-order valence-corrected chi connectivity index (χ2v) is 5.82. The number of hydrogen-bond acceptors (Lipinski definition) is 4. The lowest BCUT2D eigenvalue weighted by Gasteiger charge is -2.14. The molecule has 2 aromatic rings. The Labute approximate surface area is 136 Å². The molecule has 0 saturated heterocycles. The van der Waals surface area contributed by atoms with Crippen molar-refractivity contribution in [3.63, 3.8) is 0 Å².